The number of carbonyl (C=O) groups is 2. The molecule has 0 saturated heterocycles. The van der Waals surface area contributed by atoms with Gasteiger partial charge in [0.1, 0.15) is 11.3 Å². The summed E-state index contributed by atoms with van der Waals surface area (Å²) in [6.45, 7) is 2.06. The van der Waals surface area contributed by atoms with Gasteiger partial charge in [0.05, 0.1) is 20.2 Å². The van der Waals surface area contributed by atoms with Crippen molar-refractivity contribution in [2.45, 2.75) is 25.3 Å². The van der Waals surface area contributed by atoms with Gasteiger partial charge in [0.2, 0.25) is 0 Å². The maximum absolute atomic E-state index is 12.1. The molecular formula is C18H25N4O3+. The molecule has 7 nitrogen and oxygen atoms in total. The lowest BCUT2D eigenvalue weighted by Gasteiger charge is -2.23. The smallest absolute Gasteiger partial charge is 0.279 e. The number of nitrogens with zero attached hydrogens (tertiary/aromatic N) is 1. The second-order valence-electron chi connectivity index (χ2n) is 6.72. The molecule has 0 bridgehead atoms. The van der Waals surface area contributed by atoms with E-state index in [4.69, 9.17) is 4.74 Å². The SMILES string of the molecule is COc1ccc(NC(=O)C[NH+](C)CC(=O)N[C@](C)(C#N)C2CC2)cc1. The number of hydrogen-bond acceptors (Lipinski definition) is 4. The lowest BCUT2D eigenvalue weighted by atomic mass is 9.98. The van der Waals surface area contributed by atoms with Crippen LogP contribution < -0.4 is 20.3 Å². The number of nitrogens with one attached hydrogen (secondary N) is 3. The van der Waals surface area contributed by atoms with Crippen molar-refractivity contribution in [2.75, 3.05) is 32.6 Å². The van der Waals surface area contributed by atoms with Gasteiger partial charge in [-0.05, 0) is 49.9 Å². The third kappa shape index (κ3) is 5.47. The molecule has 1 saturated carbocycles. The first-order valence-corrected chi connectivity index (χ1v) is 8.33. The number of amides is 2. The van der Waals surface area contributed by atoms with Crippen molar-refractivity contribution in [1.29, 1.82) is 5.26 Å². The van der Waals surface area contributed by atoms with Gasteiger partial charge >= 0.3 is 0 Å². The first-order valence-electron chi connectivity index (χ1n) is 8.33. The van der Waals surface area contributed by atoms with E-state index >= 15 is 0 Å². The van der Waals surface area contributed by atoms with Crippen molar-refractivity contribution in [2.24, 2.45) is 5.92 Å². The van der Waals surface area contributed by atoms with Crippen molar-refractivity contribution in [3.05, 3.63) is 24.3 Å². The zero-order valence-corrected chi connectivity index (χ0v) is 14.9. The van der Waals surface area contributed by atoms with Crippen LogP contribution in [0.5, 0.6) is 5.75 Å². The van der Waals surface area contributed by atoms with Crippen LogP contribution in [0, 0.1) is 17.2 Å². The second kappa shape index (κ2) is 7.99. The number of rotatable bonds is 8. The summed E-state index contributed by atoms with van der Waals surface area (Å²) in [5.41, 5.74) is -0.128. The van der Waals surface area contributed by atoms with E-state index in [0.717, 1.165) is 17.7 Å². The fraction of sp³-hybridized carbons (Fsp3) is 0.500. The first kappa shape index (κ1) is 18.7. The van der Waals surface area contributed by atoms with E-state index in [9.17, 15) is 14.9 Å². The van der Waals surface area contributed by atoms with Crippen LogP contribution in [0.4, 0.5) is 5.69 Å². The summed E-state index contributed by atoms with van der Waals surface area (Å²) in [7, 11) is 3.35. The largest absolute Gasteiger partial charge is 0.497 e. The van der Waals surface area contributed by atoms with Crippen LogP contribution in [0.3, 0.4) is 0 Å². The average molecular weight is 345 g/mol. The molecule has 134 valence electrons. The Morgan fingerprint density at radius 2 is 1.88 bits per heavy atom. The zero-order chi connectivity index (χ0) is 18.4. The van der Waals surface area contributed by atoms with Crippen molar-refractivity contribution in [3.63, 3.8) is 0 Å². The van der Waals surface area contributed by atoms with Gasteiger partial charge in [0.15, 0.2) is 13.1 Å². The molecule has 2 atom stereocenters. The summed E-state index contributed by atoms with van der Waals surface area (Å²) in [5, 5.41) is 14.9. The number of likely N-dealkylation sites (N-methyl/N-ethyl adjacent to an activating group) is 1. The molecule has 1 aliphatic carbocycles. The average Bonchev–Trinajstić information content (AvgIpc) is 3.40. The lowest BCUT2D eigenvalue weighted by Crippen LogP contribution is -3.11. The highest BCUT2D eigenvalue weighted by Crippen LogP contribution is 2.39. The van der Waals surface area contributed by atoms with Gasteiger partial charge in [-0.15, -0.1) is 0 Å². The molecule has 1 aromatic carbocycles. The van der Waals surface area contributed by atoms with Crippen LogP contribution in [-0.4, -0.2) is 44.6 Å². The number of benzene rings is 1. The molecule has 1 aromatic rings. The van der Waals surface area contributed by atoms with Crippen LogP contribution >= 0.6 is 0 Å². The van der Waals surface area contributed by atoms with E-state index in [1.165, 1.54) is 0 Å². The highest BCUT2D eigenvalue weighted by molar-refractivity contribution is 5.91. The Morgan fingerprint density at radius 1 is 1.28 bits per heavy atom. The van der Waals surface area contributed by atoms with Gasteiger partial charge in [-0.1, -0.05) is 0 Å². The minimum atomic E-state index is -0.803. The van der Waals surface area contributed by atoms with Crippen molar-refractivity contribution in [1.82, 2.24) is 5.32 Å². The summed E-state index contributed by atoms with van der Waals surface area (Å²) in [6.07, 6.45) is 1.94. The van der Waals surface area contributed by atoms with Gasteiger partial charge in [-0.3, -0.25) is 9.59 Å². The summed E-state index contributed by atoms with van der Waals surface area (Å²) in [5.74, 6) is 0.556. The molecule has 1 aliphatic rings. The minimum Gasteiger partial charge on any atom is -0.497 e. The monoisotopic (exact) mass is 345 g/mol. The molecule has 1 unspecified atom stereocenters. The molecule has 2 amide bonds. The molecule has 0 heterocycles. The maximum atomic E-state index is 12.1. The Kier molecular flexibility index (Phi) is 5.99. The quantitative estimate of drug-likeness (QED) is 0.616. The Hall–Kier alpha value is -2.59. The van der Waals surface area contributed by atoms with Gasteiger partial charge in [-0.2, -0.15) is 5.26 Å². The van der Waals surface area contributed by atoms with Crippen LogP contribution in [-0.2, 0) is 9.59 Å². The molecule has 0 aliphatic heterocycles. The highest BCUT2D eigenvalue weighted by atomic mass is 16.5. The van der Waals surface area contributed by atoms with E-state index in [1.807, 2.05) is 0 Å². The minimum absolute atomic E-state index is 0.139. The maximum Gasteiger partial charge on any atom is 0.279 e. The number of ether oxygens (including phenoxy) is 1. The number of quaternary nitrogens is 1. The molecule has 1 fully saturated rings. The van der Waals surface area contributed by atoms with Gasteiger partial charge in [0, 0.05) is 5.69 Å². The van der Waals surface area contributed by atoms with Gasteiger partial charge in [0.25, 0.3) is 11.8 Å². The number of nitriles is 1. The number of methoxy groups -OCH3 is 1. The fourth-order valence-electron chi connectivity index (χ4n) is 2.71. The van der Waals surface area contributed by atoms with Crippen LogP contribution in [0.25, 0.3) is 0 Å². The first-order chi connectivity index (χ1) is 11.9. The standard InChI is InChI=1S/C18H24N4O3/c1-18(12-19,13-4-5-13)21-17(24)11-22(2)10-16(23)20-14-6-8-15(25-3)9-7-14/h6-9,13H,4-5,10-11H2,1-3H3,(H,20,23)(H,21,24)/p+1/t18-/m1/s1. The Morgan fingerprint density at radius 3 is 2.40 bits per heavy atom. The summed E-state index contributed by atoms with van der Waals surface area (Å²) in [6, 6.07) is 9.24. The fourth-order valence-corrected chi connectivity index (χ4v) is 2.71. The van der Waals surface area contributed by atoms with E-state index in [-0.39, 0.29) is 30.8 Å². The molecule has 3 N–H and O–H groups in total. The zero-order valence-electron chi connectivity index (χ0n) is 14.9. The van der Waals surface area contributed by atoms with Gasteiger partial charge < -0.3 is 20.3 Å². The second-order valence-corrected chi connectivity index (χ2v) is 6.72. The van der Waals surface area contributed by atoms with Crippen LogP contribution in [0.15, 0.2) is 24.3 Å². The van der Waals surface area contributed by atoms with E-state index in [1.54, 1.807) is 45.3 Å². The Balaban J connectivity index is 1.78. The predicted molar refractivity (Wildman–Crippen MR) is 93.1 cm³/mol. The molecule has 0 radical (unpaired) electrons. The molecule has 25 heavy (non-hydrogen) atoms. The molecule has 7 heteroatoms. The van der Waals surface area contributed by atoms with Crippen molar-refractivity contribution < 1.29 is 19.2 Å². The number of hydrogen-bond donors (Lipinski definition) is 3. The Bertz CT molecular complexity index is 664. The number of carbonyl (C=O) groups excluding carboxylic acids is 2. The summed E-state index contributed by atoms with van der Waals surface area (Å²) >= 11 is 0. The van der Waals surface area contributed by atoms with E-state index < -0.39 is 5.54 Å². The Labute approximate surface area is 147 Å². The summed E-state index contributed by atoms with van der Waals surface area (Å²) < 4.78 is 5.07. The van der Waals surface area contributed by atoms with Crippen molar-refractivity contribution >= 4 is 17.5 Å². The third-order valence-corrected chi connectivity index (χ3v) is 4.32. The highest BCUT2D eigenvalue weighted by Gasteiger charge is 2.43. The molecule has 0 aromatic heterocycles. The summed E-state index contributed by atoms with van der Waals surface area (Å²) in [4.78, 5) is 25.0. The van der Waals surface area contributed by atoms with Crippen LogP contribution in [0.2, 0.25) is 0 Å². The van der Waals surface area contributed by atoms with Crippen LogP contribution in [0.1, 0.15) is 19.8 Å². The van der Waals surface area contributed by atoms with E-state index in [2.05, 4.69) is 16.7 Å². The normalized spacial score (nSPS) is 16.9. The lowest BCUT2D eigenvalue weighted by molar-refractivity contribution is -0.862. The third-order valence-electron chi connectivity index (χ3n) is 4.32. The topological polar surface area (TPSA) is 95.7 Å². The van der Waals surface area contributed by atoms with Crippen molar-refractivity contribution in [3.8, 4) is 11.8 Å². The molecular weight excluding hydrogens is 320 g/mol. The van der Waals surface area contributed by atoms with Gasteiger partial charge in [-0.25, -0.2) is 0 Å². The molecule has 0 spiro atoms. The number of anilines is 1. The predicted octanol–water partition coefficient (Wildman–Crippen LogP) is -0.0431. The molecule has 2 rings (SSSR count). The van der Waals surface area contributed by atoms with E-state index in [0.29, 0.717) is 11.4 Å².